The molecular weight excluding hydrogens is 239 g/mol. The van der Waals surface area contributed by atoms with Crippen LogP contribution in [-0.2, 0) is 9.59 Å². The lowest BCUT2D eigenvalue weighted by Crippen LogP contribution is -2.43. The van der Waals surface area contributed by atoms with Gasteiger partial charge in [-0.3, -0.25) is 9.59 Å². The summed E-state index contributed by atoms with van der Waals surface area (Å²) in [7, 11) is 0. The Labute approximate surface area is 88.7 Å². The lowest BCUT2D eigenvalue weighted by molar-refractivity contribution is -0.149. The van der Waals surface area contributed by atoms with Crippen LogP contribution in [0.5, 0.6) is 0 Å². The van der Waals surface area contributed by atoms with Crippen LogP contribution in [0.1, 0.15) is 0 Å². The fraction of sp³-hybridized carbons (Fsp3) is 0.667. The minimum Gasteiger partial charge on any atom is -0.381 e. The second-order valence-corrected chi connectivity index (χ2v) is 3.26. The predicted molar refractivity (Wildman–Crippen MR) is 45.7 cm³/mol. The van der Waals surface area contributed by atoms with Crippen LogP contribution in [0.3, 0.4) is 0 Å². The average molecular weight is 247 g/mol. The van der Waals surface area contributed by atoms with Gasteiger partial charge in [-0.2, -0.15) is 0 Å². The molecule has 82 valence electrons. The first kappa shape index (κ1) is 13.8. The smallest absolute Gasteiger partial charge is 0.233 e. The zero-order chi connectivity index (χ0) is 11.5. The zero-order valence-electron chi connectivity index (χ0n) is 6.67. The van der Waals surface area contributed by atoms with Crippen LogP contribution in [0, 0.1) is 0 Å². The van der Waals surface area contributed by atoms with Crippen LogP contribution in [0.15, 0.2) is 0 Å². The number of rotatable bonds is 5. The molecule has 0 amide bonds. The van der Waals surface area contributed by atoms with Crippen molar-refractivity contribution in [2.45, 2.75) is 23.3 Å². The third-order valence-corrected chi connectivity index (χ3v) is 1.78. The summed E-state index contributed by atoms with van der Waals surface area (Å²) < 4.78 is 0. The van der Waals surface area contributed by atoms with E-state index in [-0.39, 0.29) is 0 Å². The van der Waals surface area contributed by atoms with Crippen molar-refractivity contribution < 1.29 is 30.0 Å². The van der Waals surface area contributed by atoms with E-state index in [9.17, 15) is 9.59 Å². The van der Waals surface area contributed by atoms with E-state index in [2.05, 4.69) is 0 Å². The standard InChI is InChI=1S/C6H8Cl2O6/c7-5(13)3(11)1(9)2(10)4(12)6(8)14/h3-6,11-14H/t3-,4+,5?,6?. The van der Waals surface area contributed by atoms with Crippen molar-refractivity contribution in [1.29, 1.82) is 0 Å². The second kappa shape index (κ2) is 5.59. The number of hydrogen-bond donors (Lipinski definition) is 4. The van der Waals surface area contributed by atoms with Gasteiger partial charge in [-0.05, 0) is 0 Å². The number of hydrogen-bond acceptors (Lipinski definition) is 6. The molecule has 6 nitrogen and oxygen atoms in total. The molecule has 0 aliphatic rings. The van der Waals surface area contributed by atoms with E-state index in [1.807, 2.05) is 0 Å². The van der Waals surface area contributed by atoms with Gasteiger partial charge in [0.1, 0.15) is 0 Å². The van der Waals surface area contributed by atoms with Crippen molar-refractivity contribution in [3.8, 4) is 0 Å². The van der Waals surface area contributed by atoms with E-state index in [0.717, 1.165) is 0 Å². The molecule has 0 aromatic carbocycles. The summed E-state index contributed by atoms with van der Waals surface area (Å²) in [5, 5.41) is 34.7. The third kappa shape index (κ3) is 3.49. The maximum absolute atomic E-state index is 10.9. The average Bonchev–Trinajstić information content (AvgIpc) is 2.12. The van der Waals surface area contributed by atoms with Crippen molar-refractivity contribution in [3.63, 3.8) is 0 Å². The number of halogens is 2. The molecule has 0 fully saturated rings. The predicted octanol–water partition coefficient (Wildman–Crippen LogP) is -2.04. The van der Waals surface area contributed by atoms with Crippen LogP contribution in [0.25, 0.3) is 0 Å². The number of alkyl halides is 2. The largest absolute Gasteiger partial charge is 0.381 e. The SMILES string of the molecule is O=C(C(=O)[C@H](O)C(O)Cl)[C@@H](O)C(O)Cl. The summed E-state index contributed by atoms with van der Waals surface area (Å²) >= 11 is 9.81. The highest BCUT2D eigenvalue weighted by atomic mass is 35.5. The number of carbonyl (C=O) groups is 2. The Balaban J connectivity index is 4.48. The first-order chi connectivity index (χ1) is 6.29. The van der Waals surface area contributed by atoms with Crippen LogP contribution in [0.4, 0.5) is 0 Å². The number of ketones is 2. The quantitative estimate of drug-likeness (QED) is 0.328. The normalized spacial score (nSPS) is 19.6. The molecule has 0 aromatic rings. The molecule has 2 unspecified atom stereocenters. The van der Waals surface area contributed by atoms with Gasteiger partial charge in [0, 0.05) is 0 Å². The van der Waals surface area contributed by atoms with Crippen LogP contribution < -0.4 is 0 Å². The molecule has 0 aromatic heterocycles. The van der Waals surface area contributed by atoms with E-state index in [4.69, 9.17) is 43.6 Å². The Hall–Kier alpha value is -0.240. The summed E-state index contributed by atoms with van der Waals surface area (Å²) in [6, 6.07) is 0. The van der Waals surface area contributed by atoms with Gasteiger partial charge in [0.15, 0.2) is 23.3 Å². The number of Topliss-reactive ketones (excluding diaryl/α,β-unsaturated/α-hetero) is 2. The van der Waals surface area contributed by atoms with E-state index >= 15 is 0 Å². The molecule has 0 radical (unpaired) electrons. The van der Waals surface area contributed by atoms with Crippen molar-refractivity contribution in [2.24, 2.45) is 0 Å². The molecule has 8 heteroatoms. The monoisotopic (exact) mass is 246 g/mol. The van der Waals surface area contributed by atoms with Crippen LogP contribution in [0.2, 0.25) is 0 Å². The number of aliphatic hydroxyl groups excluding tert-OH is 4. The fourth-order valence-corrected chi connectivity index (χ4v) is 0.770. The molecule has 0 saturated heterocycles. The summed E-state index contributed by atoms with van der Waals surface area (Å²) in [6.45, 7) is 0. The first-order valence-corrected chi connectivity index (χ1v) is 4.24. The van der Waals surface area contributed by atoms with Gasteiger partial charge in [0.25, 0.3) is 0 Å². The Morgan fingerprint density at radius 3 is 1.14 bits per heavy atom. The van der Waals surface area contributed by atoms with Gasteiger partial charge >= 0.3 is 0 Å². The van der Waals surface area contributed by atoms with Gasteiger partial charge in [0.2, 0.25) is 11.6 Å². The minimum atomic E-state index is -2.16. The van der Waals surface area contributed by atoms with Gasteiger partial charge < -0.3 is 20.4 Å². The summed E-state index contributed by atoms with van der Waals surface area (Å²) in [4.78, 5) is 21.7. The first-order valence-electron chi connectivity index (χ1n) is 3.37. The van der Waals surface area contributed by atoms with Crippen molar-refractivity contribution in [3.05, 3.63) is 0 Å². The lowest BCUT2D eigenvalue weighted by Gasteiger charge is -2.13. The Morgan fingerprint density at radius 2 is 1.00 bits per heavy atom. The summed E-state index contributed by atoms with van der Waals surface area (Å²) in [5.74, 6) is -3.06. The fourth-order valence-electron chi connectivity index (χ4n) is 0.541. The van der Waals surface area contributed by atoms with E-state index < -0.39 is 34.9 Å². The minimum absolute atomic E-state index is 1.53. The molecule has 0 spiro atoms. The molecule has 0 bridgehead atoms. The lowest BCUT2D eigenvalue weighted by atomic mass is 10.1. The third-order valence-electron chi connectivity index (χ3n) is 1.30. The molecule has 0 aliphatic heterocycles. The number of carbonyl (C=O) groups excluding carboxylic acids is 2. The maximum Gasteiger partial charge on any atom is 0.233 e. The van der Waals surface area contributed by atoms with Gasteiger partial charge in [-0.1, -0.05) is 23.2 Å². The topological polar surface area (TPSA) is 115 Å². The molecular formula is C6H8Cl2O6. The zero-order valence-corrected chi connectivity index (χ0v) is 8.18. The summed E-state index contributed by atoms with van der Waals surface area (Å²) in [5.41, 5.74) is -3.93. The molecule has 0 saturated carbocycles. The van der Waals surface area contributed by atoms with E-state index in [1.165, 1.54) is 0 Å². The second-order valence-electron chi connectivity index (χ2n) is 2.36. The molecule has 0 rings (SSSR count). The highest BCUT2D eigenvalue weighted by Crippen LogP contribution is 2.06. The Kier molecular flexibility index (Phi) is 5.50. The van der Waals surface area contributed by atoms with Crippen LogP contribution in [-0.4, -0.2) is 55.3 Å². The number of aliphatic hydroxyl groups is 4. The highest BCUT2D eigenvalue weighted by molar-refractivity contribution is 6.43. The summed E-state index contributed by atoms with van der Waals surface area (Å²) in [6.07, 6.45) is -4.32. The molecule has 14 heavy (non-hydrogen) atoms. The van der Waals surface area contributed by atoms with Gasteiger partial charge in [0.05, 0.1) is 0 Å². The Morgan fingerprint density at radius 1 is 0.786 bits per heavy atom. The van der Waals surface area contributed by atoms with Crippen molar-refractivity contribution in [1.82, 2.24) is 0 Å². The van der Waals surface area contributed by atoms with Gasteiger partial charge in [-0.15, -0.1) is 0 Å². The molecule has 0 heterocycles. The van der Waals surface area contributed by atoms with Gasteiger partial charge in [-0.25, -0.2) is 0 Å². The van der Waals surface area contributed by atoms with Crippen LogP contribution >= 0.6 is 23.2 Å². The Bertz CT molecular complexity index is 204. The maximum atomic E-state index is 10.9. The highest BCUT2D eigenvalue weighted by Gasteiger charge is 2.35. The van der Waals surface area contributed by atoms with Crippen molar-refractivity contribution >= 4 is 34.8 Å². The van der Waals surface area contributed by atoms with Crippen molar-refractivity contribution in [2.75, 3.05) is 0 Å². The molecule has 0 aliphatic carbocycles. The van der Waals surface area contributed by atoms with E-state index in [0.29, 0.717) is 0 Å². The molecule has 4 N–H and O–H groups in total. The van der Waals surface area contributed by atoms with E-state index in [1.54, 1.807) is 0 Å². The molecule has 4 atom stereocenters.